The molecule has 0 bridgehead atoms. The predicted molar refractivity (Wildman–Crippen MR) is 69.1 cm³/mol. The highest BCUT2D eigenvalue weighted by Gasteiger charge is 2.91. The number of rotatable bonds is 4. The van der Waals surface area contributed by atoms with E-state index >= 15 is 0 Å². The monoisotopic (exact) mass is 218 g/mol. The van der Waals surface area contributed by atoms with Crippen LogP contribution < -0.4 is 0 Å². The van der Waals surface area contributed by atoms with Crippen molar-refractivity contribution in [2.75, 3.05) is 0 Å². The molecule has 0 aromatic heterocycles. The zero-order chi connectivity index (χ0) is 11.7. The summed E-state index contributed by atoms with van der Waals surface area (Å²) in [5, 5.41) is 0. The van der Waals surface area contributed by atoms with Crippen LogP contribution in [0.5, 0.6) is 0 Å². The molecule has 3 fully saturated rings. The largest absolute Gasteiger partial charge is 0.0747 e. The van der Waals surface area contributed by atoms with Gasteiger partial charge in [-0.1, -0.05) is 31.9 Å². The number of fused-ring (bicyclic) bond motifs is 3. The molecule has 0 heteroatoms. The molecule has 0 aliphatic heterocycles. The normalized spacial score (nSPS) is 49.1. The first kappa shape index (κ1) is 10.9. The van der Waals surface area contributed by atoms with E-state index in [1.54, 1.807) is 17.6 Å². The van der Waals surface area contributed by atoms with Gasteiger partial charge in [0.25, 0.3) is 0 Å². The summed E-state index contributed by atoms with van der Waals surface area (Å²) in [7, 11) is 0. The number of hydrogen-bond acceptors (Lipinski definition) is 0. The first-order valence-corrected chi connectivity index (χ1v) is 7.19. The molecule has 3 aliphatic carbocycles. The van der Waals surface area contributed by atoms with Crippen molar-refractivity contribution in [1.82, 2.24) is 0 Å². The quantitative estimate of drug-likeness (QED) is 0.602. The Kier molecular flexibility index (Phi) is 2.14. The third kappa shape index (κ3) is 1.22. The number of allylic oxidation sites excluding steroid dienone is 2. The minimum atomic E-state index is 0.907. The van der Waals surface area contributed by atoms with Crippen molar-refractivity contribution in [2.45, 2.75) is 53.9 Å². The van der Waals surface area contributed by atoms with E-state index in [-0.39, 0.29) is 0 Å². The van der Waals surface area contributed by atoms with Crippen LogP contribution >= 0.6 is 0 Å². The van der Waals surface area contributed by atoms with E-state index in [1.165, 1.54) is 24.7 Å². The van der Waals surface area contributed by atoms with Gasteiger partial charge in [0.2, 0.25) is 0 Å². The Balaban J connectivity index is 1.53. The first-order chi connectivity index (χ1) is 7.54. The zero-order valence-electron chi connectivity index (χ0n) is 11.5. The van der Waals surface area contributed by atoms with Crippen molar-refractivity contribution in [3.8, 4) is 0 Å². The maximum atomic E-state index is 2.41. The molecule has 0 radical (unpaired) electrons. The van der Waals surface area contributed by atoms with Gasteiger partial charge >= 0.3 is 0 Å². The number of hydrogen-bond donors (Lipinski definition) is 0. The van der Waals surface area contributed by atoms with E-state index in [2.05, 4.69) is 34.6 Å². The van der Waals surface area contributed by atoms with Crippen LogP contribution in [0.3, 0.4) is 0 Å². The van der Waals surface area contributed by atoms with Gasteiger partial charge in [-0.15, -0.1) is 0 Å². The smallest absolute Gasteiger partial charge is 0.0195 e. The molecule has 0 aromatic rings. The average molecular weight is 218 g/mol. The zero-order valence-corrected chi connectivity index (χ0v) is 11.5. The van der Waals surface area contributed by atoms with Gasteiger partial charge in [0.1, 0.15) is 0 Å². The lowest BCUT2D eigenvalue weighted by Crippen LogP contribution is -2.09. The van der Waals surface area contributed by atoms with Crippen LogP contribution in [-0.4, -0.2) is 0 Å². The van der Waals surface area contributed by atoms with Crippen LogP contribution in [0.4, 0.5) is 0 Å². The Morgan fingerprint density at radius 3 is 2.31 bits per heavy atom. The molecular weight excluding hydrogens is 192 g/mol. The van der Waals surface area contributed by atoms with Gasteiger partial charge in [0.05, 0.1) is 0 Å². The maximum Gasteiger partial charge on any atom is -0.0195 e. The van der Waals surface area contributed by atoms with Gasteiger partial charge in [0.15, 0.2) is 0 Å². The molecule has 0 saturated heterocycles. The van der Waals surface area contributed by atoms with E-state index in [9.17, 15) is 0 Å². The third-order valence-electron chi connectivity index (χ3n) is 5.99. The second kappa shape index (κ2) is 3.15. The highest BCUT2D eigenvalue weighted by molar-refractivity contribution is 5.39. The molecule has 0 amide bonds. The van der Waals surface area contributed by atoms with Gasteiger partial charge in [-0.2, -0.15) is 0 Å². The van der Waals surface area contributed by atoms with E-state index in [0.29, 0.717) is 0 Å². The minimum absolute atomic E-state index is 0.907. The van der Waals surface area contributed by atoms with Crippen LogP contribution in [0.25, 0.3) is 0 Å². The van der Waals surface area contributed by atoms with E-state index < -0.39 is 0 Å². The fourth-order valence-corrected chi connectivity index (χ4v) is 4.57. The van der Waals surface area contributed by atoms with Crippen LogP contribution in [0.15, 0.2) is 11.1 Å². The Morgan fingerprint density at radius 1 is 1.19 bits per heavy atom. The predicted octanol–water partition coefficient (Wildman–Crippen LogP) is 4.66. The van der Waals surface area contributed by atoms with Gasteiger partial charge in [-0.05, 0) is 68.1 Å². The molecule has 90 valence electrons. The average Bonchev–Trinajstić information content (AvgIpc) is 3.07. The van der Waals surface area contributed by atoms with E-state index in [4.69, 9.17) is 0 Å². The lowest BCUT2D eigenvalue weighted by atomic mass is 9.90. The molecule has 0 nitrogen and oxygen atoms in total. The third-order valence-corrected chi connectivity index (χ3v) is 5.99. The fraction of sp³-hybridized carbons (Fsp3) is 0.875. The van der Waals surface area contributed by atoms with E-state index in [0.717, 1.165) is 23.2 Å². The van der Waals surface area contributed by atoms with E-state index in [1.807, 2.05) is 0 Å². The van der Waals surface area contributed by atoms with Gasteiger partial charge in [0, 0.05) is 0 Å². The molecule has 0 heterocycles. The Morgan fingerprint density at radius 2 is 1.81 bits per heavy atom. The van der Waals surface area contributed by atoms with Crippen molar-refractivity contribution in [2.24, 2.45) is 35.0 Å². The van der Waals surface area contributed by atoms with Crippen LogP contribution in [0, 0.1) is 35.0 Å². The summed E-state index contributed by atoms with van der Waals surface area (Å²) in [6.45, 7) is 11.8. The van der Waals surface area contributed by atoms with Gasteiger partial charge < -0.3 is 0 Å². The second-order valence-corrected chi connectivity index (χ2v) is 7.00. The van der Waals surface area contributed by atoms with Crippen molar-refractivity contribution >= 4 is 0 Å². The molecule has 3 saturated carbocycles. The molecule has 1 spiro atoms. The Labute approximate surface area is 101 Å². The Hall–Kier alpha value is -0.260. The summed E-state index contributed by atoms with van der Waals surface area (Å²) in [5.41, 5.74) is 4.23. The Bertz CT molecular complexity index is 337. The summed E-state index contributed by atoms with van der Waals surface area (Å²) >= 11 is 0. The highest BCUT2D eigenvalue weighted by atomic mass is 14.9. The van der Waals surface area contributed by atoms with Crippen molar-refractivity contribution < 1.29 is 0 Å². The SMILES string of the molecule is CCC(C)=C(C)CC1CC12C1C(C(C)C)C12. The molecular formula is C16H26. The molecule has 0 N–H and O–H groups in total. The van der Waals surface area contributed by atoms with Gasteiger partial charge in [-0.3, -0.25) is 0 Å². The van der Waals surface area contributed by atoms with Crippen LogP contribution in [0.1, 0.15) is 53.9 Å². The summed E-state index contributed by atoms with van der Waals surface area (Å²) in [4.78, 5) is 0. The minimum Gasteiger partial charge on any atom is -0.0747 e. The molecule has 16 heavy (non-hydrogen) atoms. The molecule has 3 unspecified atom stereocenters. The lowest BCUT2D eigenvalue weighted by Gasteiger charge is -2.15. The first-order valence-electron chi connectivity index (χ1n) is 7.19. The molecule has 0 aromatic carbocycles. The molecule has 3 rings (SSSR count). The van der Waals surface area contributed by atoms with Crippen molar-refractivity contribution in [1.29, 1.82) is 0 Å². The highest BCUT2D eigenvalue weighted by Crippen LogP contribution is 2.95. The summed E-state index contributed by atoms with van der Waals surface area (Å²) in [5.74, 6) is 5.51. The van der Waals surface area contributed by atoms with Crippen molar-refractivity contribution in [3.05, 3.63) is 11.1 Å². The summed E-state index contributed by atoms with van der Waals surface area (Å²) in [6, 6.07) is 0. The van der Waals surface area contributed by atoms with Crippen LogP contribution in [-0.2, 0) is 0 Å². The van der Waals surface area contributed by atoms with Gasteiger partial charge in [-0.25, -0.2) is 0 Å². The fourth-order valence-electron chi connectivity index (χ4n) is 4.57. The maximum absolute atomic E-state index is 2.41. The topological polar surface area (TPSA) is 0 Å². The van der Waals surface area contributed by atoms with Crippen LogP contribution in [0.2, 0.25) is 0 Å². The lowest BCUT2D eigenvalue weighted by molar-refractivity contribution is 0.342. The summed E-state index contributed by atoms with van der Waals surface area (Å²) < 4.78 is 0. The molecule has 3 aliphatic rings. The second-order valence-electron chi connectivity index (χ2n) is 7.00. The standard InChI is InChI=1S/C16H26/c1-6-10(4)11(5)7-12-8-16(12)14-13(9(2)3)15(14)16/h9,12-15H,6-8H2,1-5H3. The van der Waals surface area contributed by atoms with Crippen molar-refractivity contribution in [3.63, 3.8) is 0 Å². The summed E-state index contributed by atoms with van der Waals surface area (Å²) in [6.07, 6.45) is 4.23. The molecule has 3 atom stereocenters.